The normalized spacial score (nSPS) is 14.5. The minimum absolute atomic E-state index is 0.181. The van der Waals surface area contributed by atoms with Gasteiger partial charge in [0.2, 0.25) is 11.8 Å². The molecule has 4 aromatic rings. The van der Waals surface area contributed by atoms with Gasteiger partial charge in [-0.2, -0.15) is 19.6 Å². The summed E-state index contributed by atoms with van der Waals surface area (Å²) in [6.07, 6.45) is 5.03. The number of fused-ring (bicyclic) bond motifs is 1. The standard InChI is InChI=1S/C20H19N9O5/c30-15(28-33)9-34-13-5-3-11(4-6-13)22-18-25-16-10(7-14-17(31)26-20(32)24-14)8-21-29(16)19(27-18)23-12-1-2-12/h3-8,12,31,33H,1-2,9H2,(H,28,30)(H,22,23,27)(H2,24,26,32). The van der Waals surface area contributed by atoms with Crippen LogP contribution in [-0.2, 0) is 4.79 Å². The van der Waals surface area contributed by atoms with E-state index in [9.17, 15) is 14.7 Å². The molecule has 14 heteroatoms. The minimum atomic E-state index is -0.665. The zero-order valence-corrected chi connectivity index (χ0v) is 17.5. The number of H-pyrrole nitrogens is 2. The summed E-state index contributed by atoms with van der Waals surface area (Å²) in [4.78, 5) is 40.9. The molecule has 0 aliphatic heterocycles. The molecule has 0 bridgehead atoms. The summed E-state index contributed by atoms with van der Waals surface area (Å²) in [6.45, 7) is -0.322. The van der Waals surface area contributed by atoms with Crippen molar-refractivity contribution in [1.29, 1.82) is 0 Å². The van der Waals surface area contributed by atoms with Crippen molar-refractivity contribution in [3.05, 3.63) is 57.5 Å². The monoisotopic (exact) mass is 465 g/mol. The van der Waals surface area contributed by atoms with Crippen LogP contribution in [0.3, 0.4) is 0 Å². The van der Waals surface area contributed by atoms with Gasteiger partial charge in [-0.1, -0.05) is 0 Å². The first-order valence-corrected chi connectivity index (χ1v) is 10.2. The number of hydrogen-bond donors (Lipinski definition) is 6. The molecule has 1 aliphatic rings. The fraction of sp³-hybridized carbons (Fsp3) is 0.200. The van der Waals surface area contributed by atoms with E-state index in [4.69, 9.17) is 9.94 Å². The van der Waals surface area contributed by atoms with Crippen molar-refractivity contribution >= 4 is 29.3 Å². The van der Waals surface area contributed by atoms with Crippen molar-refractivity contribution in [1.82, 2.24) is 35.0 Å². The number of aromatic nitrogens is 6. The predicted octanol–water partition coefficient (Wildman–Crippen LogP) is -0.915. The number of nitrogens with one attached hydrogen (secondary N) is 4. The minimum Gasteiger partial charge on any atom is -0.493 e. The second-order valence-corrected chi connectivity index (χ2v) is 7.50. The number of nitrogens with zero attached hydrogens (tertiary/aromatic N) is 5. The highest BCUT2D eigenvalue weighted by Crippen LogP contribution is 2.22. The Kier molecular flexibility index (Phi) is 5.39. The molecule has 0 saturated heterocycles. The third-order valence-corrected chi connectivity index (χ3v) is 4.86. The molecule has 1 amide bonds. The van der Waals surface area contributed by atoms with Crippen molar-refractivity contribution in [3.63, 3.8) is 0 Å². The highest BCUT2D eigenvalue weighted by molar-refractivity contribution is 5.76. The fourth-order valence-corrected chi connectivity index (χ4v) is 3.08. The number of hydrogen-bond acceptors (Lipinski definition) is 10. The SMILES string of the molecule is O=C(COc1ccc(Nc2nc(=NC3CC3)n3ncc(=Cc4[nH]c(=O)[nH]c4O)c3n2)cc1)NO. The molecule has 1 fully saturated rings. The number of aromatic amines is 2. The van der Waals surface area contributed by atoms with Gasteiger partial charge >= 0.3 is 5.69 Å². The molecule has 14 nitrogen and oxygen atoms in total. The lowest BCUT2D eigenvalue weighted by molar-refractivity contribution is -0.131. The van der Waals surface area contributed by atoms with Gasteiger partial charge in [0, 0.05) is 10.9 Å². The second kappa shape index (κ2) is 8.67. The molecule has 0 spiro atoms. The van der Waals surface area contributed by atoms with E-state index < -0.39 is 11.6 Å². The van der Waals surface area contributed by atoms with Crippen LogP contribution in [0, 0.1) is 0 Å². The topological polar surface area (TPSA) is 195 Å². The first kappa shape index (κ1) is 21.1. The average Bonchev–Trinajstić information content (AvgIpc) is 3.46. The van der Waals surface area contributed by atoms with Crippen molar-refractivity contribution in [3.8, 4) is 11.6 Å². The van der Waals surface area contributed by atoms with E-state index in [2.05, 4.69) is 35.3 Å². The Labute approximate surface area is 189 Å². The first-order valence-electron chi connectivity index (χ1n) is 10.2. The molecule has 1 aromatic carbocycles. The summed E-state index contributed by atoms with van der Waals surface area (Å²) in [7, 11) is 0. The molecule has 0 atom stereocenters. The molecule has 6 N–H and O–H groups in total. The molecule has 1 saturated carbocycles. The van der Waals surface area contributed by atoms with Crippen LogP contribution in [0.2, 0.25) is 0 Å². The molecule has 1 aliphatic carbocycles. The van der Waals surface area contributed by atoms with E-state index in [1.165, 1.54) is 10.00 Å². The van der Waals surface area contributed by atoms with Gasteiger partial charge in [-0.15, -0.1) is 0 Å². The Hall–Kier alpha value is -4.72. The molecule has 34 heavy (non-hydrogen) atoms. The van der Waals surface area contributed by atoms with E-state index in [1.54, 1.807) is 36.5 Å². The Morgan fingerprint density at radius 1 is 1.26 bits per heavy atom. The second-order valence-electron chi connectivity index (χ2n) is 7.50. The highest BCUT2D eigenvalue weighted by atomic mass is 16.5. The quantitative estimate of drug-likeness (QED) is 0.148. The van der Waals surface area contributed by atoms with E-state index in [1.807, 2.05) is 0 Å². The molecule has 3 heterocycles. The first-order chi connectivity index (χ1) is 16.5. The van der Waals surface area contributed by atoms with Gasteiger partial charge in [0.1, 0.15) is 11.4 Å². The molecule has 174 valence electrons. The number of carbonyl (C=O) groups excluding carboxylic acids is 1. The molecule has 5 rings (SSSR count). The average molecular weight is 465 g/mol. The van der Waals surface area contributed by atoms with Crippen LogP contribution in [0.1, 0.15) is 18.5 Å². The molecule has 0 radical (unpaired) electrons. The van der Waals surface area contributed by atoms with Gasteiger partial charge in [-0.05, 0) is 43.2 Å². The summed E-state index contributed by atoms with van der Waals surface area (Å²) in [5.74, 6) is -0.259. The van der Waals surface area contributed by atoms with Crippen LogP contribution in [0.25, 0.3) is 11.7 Å². The number of benzene rings is 1. The van der Waals surface area contributed by atoms with Gasteiger partial charge in [0.15, 0.2) is 12.3 Å². The summed E-state index contributed by atoms with van der Waals surface area (Å²) < 4.78 is 6.75. The van der Waals surface area contributed by atoms with E-state index in [0.717, 1.165) is 12.8 Å². The van der Waals surface area contributed by atoms with Crippen LogP contribution in [0.4, 0.5) is 11.6 Å². The smallest absolute Gasteiger partial charge is 0.326 e. The number of carbonyl (C=O) groups is 1. The largest absolute Gasteiger partial charge is 0.493 e. The third kappa shape index (κ3) is 4.56. The van der Waals surface area contributed by atoms with Crippen LogP contribution in [-0.4, -0.2) is 58.4 Å². The molecule has 0 unspecified atom stereocenters. The number of hydroxylamine groups is 1. The van der Waals surface area contributed by atoms with Gasteiger partial charge in [0.05, 0.1) is 12.2 Å². The Morgan fingerprint density at radius 2 is 2.06 bits per heavy atom. The van der Waals surface area contributed by atoms with Gasteiger partial charge in [-0.3, -0.25) is 15.0 Å². The summed E-state index contributed by atoms with van der Waals surface area (Å²) in [5, 5.41) is 26.4. The number of aromatic hydroxyl groups is 1. The Morgan fingerprint density at radius 3 is 2.74 bits per heavy atom. The number of amides is 1. The zero-order chi connectivity index (χ0) is 23.7. The number of anilines is 2. The van der Waals surface area contributed by atoms with Gasteiger partial charge < -0.3 is 20.1 Å². The van der Waals surface area contributed by atoms with Crippen LogP contribution >= 0.6 is 0 Å². The van der Waals surface area contributed by atoms with Crippen molar-refractivity contribution < 1.29 is 19.8 Å². The van der Waals surface area contributed by atoms with E-state index in [-0.39, 0.29) is 30.2 Å². The van der Waals surface area contributed by atoms with E-state index in [0.29, 0.717) is 27.9 Å². The summed E-state index contributed by atoms with van der Waals surface area (Å²) >= 11 is 0. The van der Waals surface area contributed by atoms with E-state index >= 15 is 0 Å². The lowest BCUT2D eigenvalue weighted by Gasteiger charge is -2.08. The Bertz CT molecular complexity index is 1530. The summed E-state index contributed by atoms with van der Waals surface area (Å²) in [5.41, 5.74) is 2.60. The van der Waals surface area contributed by atoms with Gasteiger partial charge in [0.25, 0.3) is 11.5 Å². The predicted molar refractivity (Wildman–Crippen MR) is 116 cm³/mol. The number of ether oxygens (including phenoxy) is 1. The fourth-order valence-electron chi connectivity index (χ4n) is 3.08. The maximum Gasteiger partial charge on any atom is 0.326 e. The Balaban J connectivity index is 1.49. The molecule has 3 aromatic heterocycles. The van der Waals surface area contributed by atoms with Crippen molar-refractivity contribution in [2.75, 3.05) is 11.9 Å². The number of imidazole rings is 1. The van der Waals surface area contributed by atoms with Crippen LogP contribution in [0.15, 0.2) is 40.2 Å². The van der Waals surface area contributed by atoms with Crippen LogP contribution in [0.5, 0.6) is 11.6 Å². The summed E-state index contributed by atoms with van der Waals surface area (Å²) in [6, 6.07) is 6.89. The lowest BCUT2D eigenvalue weighted by atomic mass is 10.3. The molecular formula is C20H19N9O5. The third-order valence-electron chi connectivity index (χ3n) is 4.86. The van der Waals surface area contributed by atoms with Crippen molar-refractivity contribution in [2.24, 2.45) is 4.99 Å². The number of rotatable bonds is 7. The maximum atomic E-state index is 11.5. The zero-order valence-electron chi connectivity index (χ0n) is 17.5. The van der Waals surface area contributed by atoms with Crippen LogP contribution < -0.4 is 32.1 Å². The molecular weight excluding hydrogens is 446 g/mol. The lowest BCUT2D eigenvalue weighted by Crippen LogP contribution is -2.25. The highest BCUT2D eigenvalue weighted by Gasteiger charge is 2.21. The van der Waals surface area contributed by atoms with Crippen molar-refractivity contribution in [2.45, 2.75) is 18.9 Å². The maximum absolute atomic E-state index is 11.5. The van der Waals surface area contributed by atoms with Gasteiger partial charge in [-0.25, -0.2) is 15.3 Å².